The van der Waals surface area contributed by atoms with E-state index in [-0.39, 0.29) is 59.8 Å². The van der Waals surface area contributed by atoms with Crippen LogP contribution in [-0.4, -0.2) is 69.2 Å². The number of benzene rings is 2. The summed E-state index contributed by atoms with van der Waals surface area (Å²) in [6, 6.07) is 13.3. The number of allylic oxidation sites excluding steroid dienone is 1. The minimum atomic E-state index is -3.30. The molecule has 4 atom stereocenters. The van der Waals surface area contributed by atoms with Crippen LogP contribution >= 0.6 is 109 Å². The van der Waals surface area contributed by atoms with Crippen molar-refractivity contribution in [3.63, 3.8) is 0 Å². The van der Waals surface area contributed by atoms with Crippen LogP contribution in [0.3, 0.4) is 0 Å². The van der Waals surface area contributed by atoms with Crippen LogP contribution < -0.4 is 9.44 Å². The van der Waals surface area contributed by atoms with Crippen LogP contribution in [0, 0.1) is 18.2 Å². The summed E-state index contributed by atoms with van der Waals surface area (Å²) in [5.74, 6) is 0.459. The Balaban J connectivity index is 0. The summed E-state index contributed by atoms with van der Waals surface area (Å²) < 4.78 is 51.9. The Morgan fingerprint density at radius 1 is 0.783 bits per heavy atom. The fourth-order valence-electron chi connectivity index (χ4n) is 9.19. The maximum absolute atomic E-state index is 11.1. The minimum absolute atomic E-state index is 0. The molecule has 6 rings (SSSR count). The van der Waals surface area contributed by atoms with Gasteiger partial charge in [-0.2, -0.15) is 12.3 Å². The Labute approximate surface area is 503 Å². The van der Waals surface area contributed by atoms with Gasteiger partial charge in [-0.15, -0.1) is 0 Å². The fraction of sp³-hybridized carbons (Fsp3) is 0.686. The Kier molecular flexibility index (Phi) is 36.2. The summed E-state index contributed by atoms with van der Waals surface area (Å²) in [4.78, 5) is 0. The number of halogens is 6. The zero-order valence-corrected chi connectivity index (χ0v) is 62.1. The van der Waals surface area contributed by atoms with Gasteiger partial charge in [0.2, 0.25) is 20.0 Å². The van der Waals surface area contributed by atoms with Crippen molar-refractivity contribution in [3.8, 4) is 0 Å². The topological polar surface area (TPSA) is 133 Å². The van der Waals surface area contributed by atoms with Crippen molar-refractivity contribution in [1.82, 2.24) is 9.44 Å². The number of hydrogen-bond donors (Lipinski definition) is 4. The summed E-state index contributed by atoms with van der Waals surface area (Å²) in [6.07, 6.45) is 13.3. The molecule has 0 bridgehead atoms. The van der Waals surface area contributed by atoms with E-state index in [2.05, 4.69) is 217 Å². The number of aliphatic hydroxyl groups excluding tert-OH is 2. The van der Waals surface area contributed by atoms with Gasteiger partial charge in [-0.1, -0.05) is 118 Å². The Morgan fingerprint density at radius 2 is 1.16 bits per heavy atom. The van der Waals surface area contributed by atoms with Crippen molar-refractivity contribution in [2.45, 2.75) is 180 Å². The van der Waals surface area contributed by atoms with E-state index < -0.39 is 20.0 Å². The zero-order chi connectivity index (χ0) is 53.1. The van der Waals surface area contributed by atoms with Crippen molar-refractivity contribution >= 4 is 135 Å². The van der Waals surface area contributed by atoms with Crippen molar-refractivity contribution in [2.75, 3.05) is 30.2 Å². The van der Waals surface area contributed by atoms with Crippen LogP contribution in [0.5, 0.6) is 0 Å². The van der Waals surface area contributed by atoms with E-state index >= 15 is 0 Å². The third kappa shape index (κ3) is 25.3. The first-order valence-electron chi connectivity index (χ1n) is 23.4. The van der Waals surface area contributed by atoms with Gasteiger partial charge in [0.05, 0.1) is 19.1 Å². The fourth-order valence-corrected chi connectivity index (χ4v) is 16.4. The largest absolute Gasteiger partial charge is 0 e. The molecule has 0 aliphatic heterocycles. The second kappa shape index (κ2) is 33.8. The molecule has 4 aliphatic rings. The summed E-state index contributed by atoms with van der Waals surface area (Å²) in [7, 11) is -6.59. The van der Waals surface area contributed by atoms with Gasteiger partial charge in [0.25, 0.3) is 0 Å². The third-order valence-electron chi connectivity index (χ3n) is 13.6. The predicted molar refractivity (Wildman–Crippen MR) is 328 cm³/mol. The van der Waals surface area contributed by atoms with Crippen molar-refractivity contribution < 1.29 is 61.3 Å². The van der Waals surface area contributed by atoms with Crippen LogP contribution in [0.1, 0.15) is 174 Å². The maximum Gasteiger partial charge on any atom is 0 e. The van der Waals surface area contributed by atoms with Gasteiger partial charge in [0.15, 0.2) is 0 Å². The zero-order valence-electron chi connectivity index (χ0n) is 44.2. The molecule has 2 aromatic carbocycles. The molecule has 8 nitrogen and oxygen atoms in total. The molecule has 0 amide bonds. The molecular formula is C51H85Cl2I4N2O6S2Zn2-. The van der Waals surface area contributed by atoms with Gasteiger partial charge in [-0.05, 0) is 124 Å². The van der Waals surface area contributed by atoms with E-state index in [1.807, 2.05) is 6.08 Å². The first kappa shape index (κ1) is 73.7. The van der Waals surface area contributed by atoms with Crippen molar-refractivity contribution in [1.29, 1.82) is 0 Å². The minimum Gasteiger partial charge on any atom is 0 e. The van der Waals surface area contributed by atoms with E-state index in [9.17, 15) is 21.9 Å². The maximum atomic E-state index is 11.1. The normalized spacial score (nSPS) is 23.4. The number of hydrogen-bond acceptors (Lipinski definition) is 6. The number of aliphatic hydroxyl groups is 2. The summed E-state index contributed by atoms with van der Waals surface area (Å²) >= 11 is 18.3. The summed E-state index contributed by atoms with van der Waals surface area (Å²) in [5.41, 5.74) is 11.2. The van der Waals surface area contributed by atoms with Gasteiger partial charge in [0, 0.05) is 38.2 Å². The molecule has 0 heterocycles. The standard InChI is InChI=1S/C19H28O.C18H26O.C8H18N2O4S2.C3H7I3.C2H5.CHCl2.HI.2Zn/c1-17(2)8-9-18(3,4)16-10-13(6-7-15(16)17)19(5)11-14(19)12-20;1-13(8-11-19)14-6-7-15-16(12-14)18(4,5)10-9-17(15,2)3;1-15(11,12)9-7-5-3-4-6-8(7)10-16(2,13)14;1-2-6-3(4)5;1-2;2-1-3;;;/h6-7,10,14,20H,8-9,11-12H2,1-5H3;6-8,12,19H,9-11H2,1-5H3;7-10H,3-6H2,1-2H3;3,6H,2H2,1H3;1H2,2H3;1H;1H;;/q;;;;2*-1;;;+2/p-1/b;13-8-;;;;;;;/t14-,19+;;7-,8-;;;;;;/m0.1....../s1. The number of rotatable bonds is 10. The van der Waals surface area contributed by atoms with Crippen LogP contribution in [0.4, 0.5) is 0 Å². The molecular weight excluding hydrogens is 1510 g/mol. The molecule has 0 aromatic heterocycles. The Hall–Kier alpha value is 2.67. The molecule has 0 spiro atoms. The van der Waals surface area contributed by atoms with E-state index in [1.165, 1.54) is 78.3 Å². The first-order chi connectivity index (χ1) is 31.3. The van der Waals surface area contributed by atoms with Crippen molar-refractivity contribution in [3.05, 3.63) is 88.1 Å². The van der Waals surface area contributed by atoms with E-state index in [4.69, 9.17) is 5.11 Å². The van der Waals surface area contributed by atoms with Crippen LogP contribution in [0.25, 0.3) is 5.57 Å². The van der Waals surface area contributed by atoms with Crippen molar-refractivity contribution in [2.24, 2.45) is 5.92 Å². The van der Waals surface area contributed by atoms with Crippen LogP contribution in [0.2, 0.25) is 0 Å². The van der Waals surface area contributed by atoms with Gasteiger partial charge >= 0.3 is 112 Å². The molecule has 0 unspecified atom stereocenters. The quantitative estimate of drug-likeness (QED) is 0.0811. The second-order valence-corrected chi connectivity index (χ2v) is 39.0. The van der Waals surface area contributed by atoms with Gasteiger partial charge in [-0.25, -0.2) is 26.3 Å². The molecule has 0 saturated heterocycles. The first-order valence-corrected chi connectivity index (χ1v) is 42.6. The van der Waals surface area contributed by atoms with E-state index in [1.54, 1.807) is 6.92 Å². The number of sulfonamides is 2. The molecule has 2 aromatic rings. The van der Waals surface area contributed by atoms with E-state index in [0.29, 0.717) is 52.0 Å². The molecule has 18 heteroatoms. The van der Waals surface area contributed by atoms with Gasteiger partial charge in [-0.3, -0.25) is 0 Å². The molecule has 69 heavy (non-hydrogen) atoms. The Bertz CT molecular complexity index is 2040. The molecule has 2 fully saturated rings. The van der Waals surface area contributed by atoms with Crippen LogP contribution in [-0.2, 0) is 81.4 Å². The number of nitrogens with one attached hydrogen (secondary N) is 2. The SMILES string of the molecule is C/C(=C/CO)c1ccc2c(c1)C(C)(C)CCC2(C)C.CC1(C)CCC(C)(C)c2cc([C@@]3(C)C[C@H]3CO)ccc21.CC[IH]C(I)I.CS(=O)(=O)N[C@@H]1CCCC[C@H]1NS(C)(=O)=O.Cl[CH-]Cl.[CH2-]C.[Zn+][I].[Zn]. The molecule has 4 aliphatic carbocycles. The van der Waals surface area contributed by atoms with Crippen LogP contribution in [0.15, 0.2) is 42.5 Å². The average Bonchev–Trinajstić information content (AvgIpc) is 3.94. The van der Waals surface area contributed by atoms with Gasteiger partial charge in [0.1, 0.15) is 0 Å². The molecule has 0 radical (unpaired) electrons. The third-order valence-corrected chi connectivity index (χ3v) is 21.6. The molecule has 2 saturated carbocycles. The van der Waals surface area contributed by atoms with Gasteiger partial charge < -0.3 is 40.3 Å². The second-order valence-electron chi connectivity index (χ2n) is 20.7. The summed E-state index contributed by atoms with van der Waals surface area (Å²) in [5, 5.41) is 19.4. The predicted octanol–water partition coefficient (Wildman–Crippen LogP) is 14.3. The monoisotopic (exact) mass is 1590 g/mol. The van der Waals surface area contributed by atoms with E-state index in [0.717, 1.165) is 42.6 Å². The number of fused-ring (bicyclic) bond motifs is 2. The Morgan fingerprint density at radius 3 is 1.48 bits per heavy atom. The smallest absolute Gasteiger partial charge is 0 e. The summed E-state index contributed by atoms with van der Waals surface area (Å²) in [6.45, 7) is 30.9. The average molecular weight is 1600 g/mol. The molecule has 394 valence electrons. The molecule has 4 N–H and O–H groups in total. The number of alkyl halides is 4.